The van der Waals surface area contributed by atoms with Crippen molar-refractivity contribution in [2.75, 3.05) is 20.7 Å². The van der Waals surface area contributed by atoms with Crippen LogP contribution in [0.15, 0.2) is 28.8 Å². The maximum Gasteiger partial charge on any atom is 0.265 e. The minimum absolute atomic E-state index is 0.124. The summed E-state index contributed by atoms with van der Waals surface area (Å²) >= 11 is 0. The lowest BCUT2D eigenvalue weighted by atomic mass is 9.84. The summed E-state index contributed by atoms with van der Waals surface area (Å²) in [5.41, 5.74) is -1.67. The van der Waals surface area contributed by atoms with Crippen LogP contribution in [-0.2, 0) is 11.0 Å². The van der Waals surface area contributed by atoms with Crippen molar-refractivity contribution in [1.82, 2.24) is 10.1 Å². The fourth-order valence-electron chi connectivity index (χ4n) is 2.86. The molecule has 1 N–H and O–H groups in total. The molecule has 1 heterocycles. The zero-order valence-electron chi connectivity index (χ0n) is 17.7. The van der Waals surface area contributed by atoms with E-state index < -0.39 is 25.8 Å². The standard InChI is InChI=1S/C20H32N2O5Si/c1-7-8-13-25-19-17(15(26-21-19)14-22(2)3)18(23)20(24)12-10-9-11-16(20)27-28(4,5)6/h9-12,16,24H,7-8,13-14H2,1-6H3/t16-,20+/m1/s1. The van der Waals surface area contributed by atoms with E-state index >= 15 is 0 Å². The van der Waals surface area contributed by atoms with Gasteiger partial charge in [-0.05, 0) is 51.4 Å². The second kappa shape index (κ2) is 9.17. The number of ketones is 1. The van der Waals surface area contributed by atoms with Gasteiger partial charge in [0, 0.05) is 0 Å². The molecule has 0 spiro atoms. The summed E-state index contributed by atoms with van der Waals surface area (Å²) in [6.07, 6.45) is 7.63. The first-order chi connectivity index (χ1) is 13.1. The second-order valence-electron chi connectivity index (χ2n) is 8.28. The minimum atomic E-state index is -2.02. The maximum atomic E-state index is 13.5. The van der Waals surface area contributed by atoms with E-state index in [9.17, 15) is 9.90 Å². The number of ether oxygens (including phenoxy) is 1. The van der Waals surface area contributed by atoms with Gasteiger partial charge in [0.2, 0.25) is 5.78 Å². The molecule has 156 valence electrons. The van der Waals surface area contributed by atoms with Gasteiger partial charge in [0.1, 0.15) is 11.7 Å². The van der Waals surface area contributed by atoms with Crippen LogP contribution in [0.3, 0.4) is 0 Å². The molecule has 2 rings (SSSR count). The Balaban J connectivity index is 2.42. The number of allylic oxidation sites excluding steroid dienone is 2. The number of aliphatic hydroxyl groups is 1. The minimum Gasteiger partial charge on any atom is -0.475 e. The Bertz CT molecular complexity index is 735. The Morgan fingerprint density at radius 3 is 2.68 bits per heavy atom. The normalized spacial score (nSPS) is 22.1. The van der Waals surface area contributed by atoms with E-state index in [1.807, 2.05) is 38.6 Å². The Morgan fingerprint density at radius 1 is 1.36 bits per heavy atom. The number of hydrogen-bond acceptors (Lipinski definition) is 7. The van der Waals surface area contributed by atoms with Gasteiger partial charge in [0.25, 0.3) is 5.88 Å². The molecular formula is C20H32N2O5Si. The molecule has 1 aromatic heterocycles. The Hall–Kier alpha value is -1.74. The molecule has 0 bridgehead atoms. The summed E-state index contributed by atoms with van der Waals surface area (Å²) in [6, 6.07) is 0. The van der Waals surface area contributed by atoms with Gasteiger partial charge in [-0.1, -0.05) is 31.6 Å². The van der Waals surface area contributed by atoms with Crippen LogP contribution in [0.2, 0.25) is 19.6 Å². The first-order valence-corrected chi connectivity index (χ1v) is 13.1. The van der Waals surface area contributed by atoms with E-state index in [0.29, 0.717) is 18.9 Å². The van der Waals surface area contributed by atoms with E-state index in [-0.39, 0.29) is 11.4 Å². The Labute approximate surface area is 168 Å². The fraction of sp³-hybridized carbons (Fsp3) is 0.600. The molecule has 1 aliphatic rings. The lowest BCUT2D eigenvalue weighted by molar-refractivity contribution is 0.00369. The van der Waals surface area contributed by atoms with Crippen molar-refractivity contribution < 1.29 is 23.6 Å². The monoisotopic (exact) mass is 408 g/mol. The van der Waals surface area contributed by atoms with Crippen LogP contribution < -0.4 is 4.74 Å². The average Bonchev–Trinajstić information content (AvgIpc) is 2.97. The molecule has 0 saturated carbocycles. The van der Waals surface area contributed by atoms with Crippen LogP contribution in [0.1, 0.15) is 35.9 Å². The Kier molecular flexibility index (Phi) is 7.38. The van der Waals surface area contributed by atoms with Crippen molar-refractivity contribution >= 4 is 14.1 Å². The zero-order chi connectivity index (χ0) is 20.9. The van der Waals surface area contributed by atoms with Crippen LogP contribution in [0.25, 0.3) is 0 Å². The summed E-state index contributed by atoms with van der Waals surface area (Å²) in [6.45, 7) is 8.88. The van der Waals surface area contributed by atoms with Gasteiger partial charge < -0.3 is 23.7 Å². The number of aromatic nitrogens is 1. The van der Waals surface area contributed by atoms with Gasteiger partial charge in [0.05, 0.1) is 13.2 Å². The molecule has 28 heavy (non-hydrogen) atoms. The van der Waals surface area contributed by atoms with Crippen molar-refractivity contribution in [1.29, 1.82) is 0 Å². The fourth-order valence-corrected chi connectivity index (χ4v) is 3.88. The summed E-state index contributed by atoms with van der Waals surface area (Å²) < 4.78 is 17.2. The topological polar surface area (TPSA) is 85.0 Å². The molecule has 8 heteroatoms. The molecule has 0 fully saturated rings. The highest BCUT2D eigenvalue weighted by Crippen LogP contribution is 2.33. The number of unbranched alkanes of at least 4 members (excludes halogenated alkanes) is 1. The number of carbonyl (C=O) groups is 1. The third kappa shape index (κ3) is 5.41. The molecule has 7 nitrogen and oxygen atoms in total. The van der Waals surface area contributed by atoms with Crippen molar-refractivity contribution in [3.05, 3.63) is 35.6 Å². The number of carbonyl (C=O) groups excluding carboxylic acids is 1. The van der Waals surface area contributed by atoms with Crippen LogP contribution in [-0.4, -0.2) is 61.7 Å². The van der Waals surface area contributed by atoms with E-state index in [4.69, 9.17) is 13.7 Å². The third-order valence-electron chi connectivity index (χ3n) is 4.18. The molecule has 0 radical (unpaired) electrons. The third-order valence-corrected chi connectivity index (χ3v) is 5.14. The van der Waals surface area contributed by atoms with Gasteiger partial charge in [0.15, 0.2) is 19.7 Å². The largest absolute Gasteiger partial charge is 0.475 e. The highest BCUT2D eigenvalue weighted by Gasteiger charge is 2.47. The zero-order valence-corrected chi connectivity index (χ0v) is 18.7. The van der Waals surface area contributed by atoms with E-state index in [0.717, 1.165) is 12.8 Å². The van der Waals surface area contributed by atoms with Crippen molar-refractivity contribution in [2.45, 2.75) is 57.7 Å². The van der Waals surface area contributed by atoms with Crippen LogP contribution in [0, 0.1) is 0 Å². The summed E-state index contributed by atoms with van der Waals surface area (Å²) in [7, 11) is 1.71. The van der Waals surface area contributed by atoms with Gasteiger partial charge in [-0.15, -0.1) is 0 Å². The molecular weight excluding hydrogens is 376 g/mol. The van der Waals surface area contributed by atoms with Crippen LogP contribution >= 0.6 is 0 Å². The van der Waals surface area contributed by atoms with E-state index in [2.05, 4.69) is 12.1 Å². The van der Waals surface area contributed by atoms with Gasteiger partial charge in [-0.25, -0.2) is 0 Å². The molecule has 0 aliphatic heterocycles. The molecule has 2 atom stereocenters. The van der Waals surface area contributed by atoms with Crippen LogP contribution in [0.5, 0.6) is 5.88 Å². The van der Waals surface area contributed by atoms with Crippen molar-refractivity contribution in [2.24, 2.45) is 0 Å². The molecule has 0 aromatic carbocycles. The van der Waals surface area contributed by atoms with Crippen molar-refractivity contribution in [3.63, 3.8) is 0 Å². The number of nitrogens with zero attached hydrogens (tertiary/aromatic N) is 2. The quantitative estimate of drug-likeness (QED) is 0.361. The number of hydrogen-bond donors (Lipinski definition) is 1. The van der Waals surface area contributed by atoms with Crippen molar-refractivity contribution in [3.8, 4) is 5.88 Å². The first kappa shape index (κ1) is 22.5. The number of Topliss-reactive ketones (excluding diaryl/α,β-unsaturated/α-hetero) is 1. The Morgan fingerprint density at radius 2 is 2.07 bits per heavy atom. The molecule has 1 aliphatic carbocycles. The second-order valence-corrected chi connectivity index (χ2v) is 12.7. The molecule has 0 saturated heterocycles. The van der Waals surface area contributed by atoms with Crippen LogP contribution in [0.4, 0.5) is 0 Å². The smallest absolute Gasteiger partial charge is 0.265 e. The first-order valence-electron chi connectivity index (χ1n) is 9.65. The predicted octanol–water partition coefficient (Wildman–Crippen LogP) is 3.18. The SMILES string of the molecule is CCCCOc1noc(CN(C)C)c1C(=O)[C@]1(O)C=CC=C[C@H]1O[Si](C)(C)C. The maximum absolute atomic E-state index is 13.5. The van der Waals surface area contributed by atoms with Gasteiger partial charge >= 0.3 is 0 Å². The van der Waals surface area contributed by atoms with E-state index in [1.54, 1.807) is 18.2 Å². The highest BCUT2D eigenvalue weighted by atomic mass is 28.4. The lowest BCUT2D eigenvalue weighted by Crippen LogP contribution is -2.52. The summed E-state index contributed by atoms with van der Waals surface area (Å²) in [5, 5.41) is 15.3. The summed E-state index contributed by atoms with van der Waals surface area (Å²) in [4.78, 5) is 15.4. The summed E-state index contributed by atoms with van der Waals surface area (Å²) in [5.74, 6) is -0.0380. The number of rotatable bonds is 10. The van der Waals surface area contributed by atoms with E-state index in [1.165, 1.54) is 6.08 Å². The lowest BCUT2D eigenvalue weighted by Gasteiger charge is -2.36. The van der Waals surface area contributed by atoms with Gasteiger partial charge in [-0.3, -0.25) is 4.79 Å². The van der Waals surface area contributed by atoms with Gasteiger partial charge in [-0.2, -0.15) is 0 Å². The molecule has 0 amide bonds. The average molecular weight is 409 g/mol. The molecule has 1 aromatic rings. The molecule has 0 unspecified atom stereocenters. The highest BCUT2D eigenvalue weighted by molar-refractivity contribution is 6.69. The predicted molar refractivity (Wildman–Crippen MR) is 110 cm³/mol.